The third-order valence-electron chi connectivity index (χ3n) is 6.72. The lowest BCUT2D eigenvalue weighted by molar-refractivity contribution is -0.148. The molecule has 3 fully saturated rings. The van der Waals surface area contributed by atoms with Crippen molar-refractivity contribution in [3.63, 3.8) is 0 Å². The summed E-state index contributed by atoms with van der Waals surface area (Å²) in [6.45, 7) is 2.64. The Hall–Kier alpha value is -2.36. The predicted molar refractivity (Wildman–Crippen MR) is 102 cm³/mol. The Labute approximate surface area is 169 Å². The fourth-order valence-corrected chi connectivity index (χ4v) is 4.46. The lowest BCUT2D eigenvalue weighted by Crippen LogP contribution is -2.62. The molecule has 1 spiro atoms. The molecular weight excluding hydrogens is 380 g/mol. The average Bonchev–Trinajstić information content (AvgIpc) is 3.47. The molecule has 1 aliphatic carbocycles. The van der Waals surface area contributed by atoms with Crippen LogP contribution >= 0.6 is 0 Å². The first-order valence-corrected chi connectivity index (χ1v) is 10.2. The number of likely N-dealkylation sites (tertiary alicyclic amines) is 1. The Kier molecular flexibility index (Phi) is 6.02. The first kappa shape index (κ1) is 21.4. The largest absolute Gasteiger partial charge is 0.465 e. The second kappa shape index (κ2) is 8.17. The zero-order chi connectivity index (χ0) is 21.3. The molecule has 2 saturated heterocycles. The Bertz CT molecular complexity index is 694. The van der Waals surface area contributed by atoms with Crippen LogP contribution in [0, 0.1) is 5.41 Å². The van der Waals surface area contributed by atoms with Gasteiger partial charge < -0.3 is 25.3 Å². The molecule has 10 heteroatoms. The van der Waals surface area contributed by atoms with Gasteiger partial charge in [-0.3, -0.25) is 19.3 Å². The van der Waals surface area contributed by atoms with E-state index >= 15 is 0 Å². The Morgan fingerprint density at radius 2 is 1.90 bits per heavy atom. The zero-order valence-electron chi connectivity index (χ0n) is 17.0. The van der Waals surface area contributed by atoms with Gasteiger partial charge in [-0.05, 0) is 38.0 Å². The van der Waals surface area contributed by atoms with E-state index in [2.05, 4.69) is 5.32 Å². The standard InChI is InChI=1S/C19H30N4O6/c1-12-17(27)23(10-9-22(12)18(28)29)13(16(26)20-2)3-4-15(25)21-8-7-19(5-6-19)14(24)11-21/h12-14,24H,3-11H2,1-2H3,(H,20,26)(H,28,29)/t12-,13-,14+/m0/s1. The third kappa shape index (κ3) is 4.17. The fourth-order valence-electron chi connectivity index (χ4n) is 4.46. The van der Waals surface area contributed by atoms with Crippen LogP contribution in [-0.4, -0.2) is 100 Å². The highest BCUT2D eigenvalue weighted by atomic mass is 16.4. The van der Waals surface area contributed by atoms with Crippen molar-refractivity contribution in [2.45, 2.75) is 57.2 Å². The van der Waals surface area contributed by atoms with Crippen LogP contribution in [0.3, 0.4) is 0 Å². The average molecular weight is 410 g/mol. The summed E-state index contributed by atoms with van der Waals surface area (Å²) in [5.41, 5.74) is 0.00772. The molecule has 3 atom stereocenters. The summed E-state index contributed by atoms with van der Waals surface area (Å²) in [6.07, 6.45) is 1.39. The number of aliphatic hydroxyl groups excluding tert-OH is 1. The van der Waals surface area contributed by atoms with E-state index in [9.17, 15) is 29.4 Å². The van der Waals surface area contributed by atoms with Gasteiger partial charge in [0.1, 0.15) is 12.1 Å². The maximum absolute atomic E-state index is 12.7. The Balaban J connectivity index is 1.61. The summed E-state index contributed by atoms with van der Waals surface area (Å²) in [7, 11) is 1.47. The van der Waals surface area contributed by atoms with Crippen molar-refractivity contribution in [3.05, 3.63) is 0 Å². The molecule has 0 aromatic carbocycles. The minimum atomic E-state index is -1.17. The van der Waals surface area contributed by atoms with Crippen LogP contribution in [-0.2, 0) is 14.4 Å². The first-order chi connectivity index (χ1) is 13.7. The summed E-state index contributed by atoms with van der Waals surface area (Å²) in [4.78, 5) is 53.1. The van der Waals surface area contributed by atoms with Crippen molar-refractivity contribution in [3.8, 4) is 0 Å². The van der Waals surface area contributed by atoms with Crippen molar-refractivity contribution in [2.24, 2.45) is 5.41 Å². The van der Waals surface area contributed by atoms with Crippen LogP contribution in [0.4, 0.5) is 4.79 Å². The maximum Gasteiger partial charge on any atom is 0.408 e. The van der Waals surface area contributed by atoms with Gasteiger partial charge in [-0.2, -0.15) is 0 Å². The summed E-state index contributed by atoms with van der Waals surface area (Å²) in [5, 5.41) is 22.0. The van der Waals surface area contributed by atoms with Gasteiger partial charge in [0.2, 0.25) is 17.7 Å². The molecule has 2 aliphatic heterocycles. The minimum absolute atomic E-state index is 0.00772. The lowest BCUT2D eigenvalue weighted by Gasteiger charge is -2.41. The normalized spacial score (nSPS) is 27.0. The second-order valence-corrected chi connectivity index (χ2v) is 8.32. The molecule has 1 saturated carbocycles. The van der Waals surface area contributed by atoms with E-state index in [4.69, 9.17) is 0 Å². The molecule has 3 N–H and O–H groups in total. The minimum Gasteiger partial charge on any atom is -0.465 e. The molecule has 0 aromatic heterocycles. The molecule has 0 unspecified atom stereocenters. The number of hydrogen-bond acceptors (Lipinski definition) is 5. The van der Waals surface area contributed by atoms with Gasteiger partial charge in [0.15, 0.2) is 0 Å². The van der Waals surface area contributed by atoms with Crippen molar-refractivity contribution < 1.29 is 29.4 Å². The Morgan fingerprint density at radius 1 is 1.21 bits per heavy atom. The smallest absolute Gasteiger partial charge is 0.408 e. The van der Waals surface area contributed by atoms with Crippen molar-refractivity contribution in [1.29, 1.82) is 0 Å². The van der Waals surface area contributed by atoms with Gasteiger partial charge in [-0.25, -0.2) is 4.79 Å². The molecular formula is C19H30N4O6. The third-order valence-corrected chi connectivity index (χ3v) is 6.72. The molecule has 29 heavy (non-hydrogen) atoms. The number of aliphatic hydroxyl groups is 1. The molecule has 0 aromatic rings. The first-order valence-electron chi connectivity index (χ1n) is 10.2. The quantitative estimate of drug-likeness (QED) is 0.558. The number of nitrogens with zero attached hydrogens (tertiary/aromatic N) is 3. The maximum atomic E-state index is 12.7. The van der Waals surface area contributed by atoms with Crippen LogP contribution < -0.4 is 5.32 Å². The summed E-state index contributed by atoms with van der Waals surface area (Å²) >= 11 is 0. The number of rotatable bonds is 5. The zero-order valence-corrected chi connectivity index (χ0v) is 17.0. The number of piperidine rings is 1. The highest BCUT2D eigenvalue weighted by Crippen LogP contribution is 2.53. The fraction of sp³-hybridized carbons (Fsp3) is 0.789. The molecule has 0 bridgehead atoms. The number of likely N-dealkylation sites (N-methyl/N-ethyl adjacent to an activating group) is 1. The van der Waals surface area contributed by atoms with E-state index in [1.165, 1.54) is 18.9 Å². The van der Waals surface area contributed by atoms with Gasteiger partial charge in [0.25, 0.3) is 0 Å². The van der Waals surface area contributed by atoms with Crippen LogP contribution in [0.2, 0.25) is 0 Å². The van der Waals surface area contributed by atoms with Gasteiger partial charge in [0.05, 0.1) is 6.10 Å². The number of amides is 4. The van der Waals surface area contributed by atoms with Crippen molar-refractivity contribution in [2.75, 3.05) is 33.2 Å². The second-order valence-electron chi connectivity index (χ2n) is 8.32. The number of carbonyl (C=O) groups excluding carboxylic acids is 3. The van der Waals surface area contributed by atoms with Crippen LogP contribution in [0.1, 0.15) is 39.0 Å². The monoisotopic (exact) mass is 410 g/mol. The van der Waals surface area contributed by atoms with E-state index < -0.39 is 30.2 Å². The molecule has 2 heterocycles. The molecule has 3 aliphatic rings. The highest BCUT2D eigenvalue weighted by molar-refractivity contribution is 5.92. The molecule has 10 nitrogen and oxygen atoms in total. The summed E-state index contributed by atoms with van der Waals surface area (Å²) in [6, 6.07) is -1.71. The van der Waals surface area contributed by atoms with Gasteiger partial charge in [0, 0.05) is 39.6 Å². The van der Waals surface area contributed by atoms with Gasteiger partial charge in [-0.1, -0.05) is 0 Å². The van der Waals surface area contributed by atoms with Crippen LogP contribution in [0.25, 0.3) is 0 Å². The van der Waals surface area contributed by atoms with Gasteiger partial charge in [-0.15, -0.1) is 0 Å². The Morgan fingerprint density at radius 3 is 2.45 bits per heavy atom. The van der Waals surface area contributed by atoms with Crippen molar-refractivity contribution >= 4 is 23.8 Å². The lowest BCUT2D eigenvalue weighted by atomic mass is 9.90. The summed E-state index contributed by atoms with van der Waals surface area (Å²) < 4.78 is 0. The molecule has 3 rings (SSSR count). The van der Waals surface area contributed by atoms with E-state index in [1.807, 2.05) is 0 Å². The highest BCUT2D eigenvalue weighted by Gasteiger charge is 2.51. The number of hydrogen-bond donors (Lipinski definition) is 3. The van der Waals surface area contributed by atoms with Crippen molar-refractivity contribution in [1.82, 2.24) is 20.0 Å². The number of carbonyl (C=O) groups is 4. The van der Waals surface area contributed by atoms with E-state index in [-0.39, 0.29) is 43.2 Å². The van der Waals surface area contributed by atoms with Gasteiger partial charge >= 0.3 is 6.09 Å². The number of carboxylic acid groups (broad SMARTS) is 1. The summed E-state index contributed by atoms with van der Waals surface area (Å²) in [5.74, 6) is -0.959. The SMILES string of the molecule is CNC(=O)[C@H](CCC(=O)N1CCC2(CC2)[C@H](O)C1)N1CCN(C(=O)O)[C@@H](C)C1=O. The van der Waals surface area contributed by atoms with E-state index in [0.717, 1.165) is 24.2 Å². The molecule has 162 valence electrons. The number of piperazine rings is 1. The number of nitrogens with one attached hydrogen (secondary N) is 1. The molecule has 0 radical (unpaired) electrons. The molecule has 4 amide bonds. The predicted octanol–water partition coefficient (Wildman–Crippen LogP) is -0.535. The van der Waals surface area contributed by atoms with E-state index in [0.29, 0.717) is 13.1 Å². The van der Waals surface area contributed by atoms with E-state index in [1.54, 1.807) is 4.90 Å². The van der Waals surface area contributed by atoms with Crippen LogP contribution in [0.5, 0.6) is 0 Å². The number of β-amino-alcohol motifs (C(OH)–C–C–N with tert-alkyl or cyclic N) is 1. The van der Waals surface area contributed by atoms with Crippen LogP contribution in [0.15, 0.2) is 0 Å². The topological polar surface area (TPSA) is 130 Å².